The molecule has 0 saturated carbocycles. The lowest BCUT2D eigenvalue weighted by molar-refractivity contribution is -0.119. The molecule has 1 fully saturated rings. The summed E-state index contributed by atoms with van der Waals surface area (Å²) >= 11 is 6.93. The molecule has 45 heavy (non-hydrogen) atoms. The number of rotatable bonds is 13. The lowest BCUT2D eigenvalue weighted by atomic mass is 9.97. The SMILES string of the molecule is COc1cc(-c2nccc(-c3cccc(Nc4nccc(CNCCO)c4F)c3C)c2Cl)cc(F)c1CNC[C@@H]1CCC(=O)N1. The molecule has 236 valence electrons. The van der Waals surface area contributed by atoms with Crippen LogP contribution in [0.4, 0.5) is 20.3 Å². The summed E-state index contributed by atoms with van der Waals surface area (Å²) in [7, 11) is 1.48. The van der Waals surface area contributed by atoms with Gasteiger partial charge in [-0.1, -0.05) is 23.7 Å². The second-order valence-corrected chi connectivity index (χ2v) is 11.1. The lowest BCUT2D eigenvalue weighted by Crippen LogP contribution is -2.35. The third-order valence-corrected chi connectivity index (χ3v) is 8.15. The Hall–Kier alpha value is -4.16. The van der Waals surface area contributed by atoms with Gasteiger partial charge >= 0.3 is 0 Å². The summed E-state index contributed by atoms with van der Waals surface area (Å²) in [5.41, 5.74) is 4.50. The highest BCUT2D eigenvalue weighted by Crippen LogP contribution is 2.40. The highest BCUT2D eigenvalue weighted by Gasteiger charge is 2.22. The molecular formula is C33H35ClF2N6O3. The maximum atomic E-state index is 15.5. The van der Waals surface area contributed by atoms with Gasteiger partial charge in [0, 0.05) is 79.0 Å². The Labute approximate surface area is 265 Å². The van der Waals surface area contributed by atoms with Crippen molar-refractivity contribution in [2.45, 2.75) is 38.9 Å². The molecule has 1 atom stereocenters. The Bertz CT molecular complexity index is 1690. The van der Waals surface area contributed by atoms with Gasteiger partial charge in [-0.05, 0) is 54.8 Å². The summed E-state index contributed by atoms with van der Waals surface area (Å²) in [6.07, 6.45) is 4.38. The van der Waals surface area contributed by atoms with Gasteiger partial charge in [0.2, 0.25) is 5.91 Å². The zero-order valence-electron chi connectivity index (χ0n) is 25.0. The molecule has 5 rings (SSSR count). The standard InChI is InChI=1S/C33H35ClF2N6O3/c1-19-23(4-3-5-27(19)42-33-31(36)20(8-10-40-33)16-37-12-13-43)24-9-11-39-32(30(24)34)21-14-26(35)25(28(15-21)45-2)18-38-17-22-6-7-29(44)41-22/h3-5,8-11,14-15,22,37-38,43H,6-7,12-13,16-18H2,1-2H3,(H,40,42)(H,41,44)/t22-/m0/s1. The van der Waals surface area contributed by atoms with Crippen LogP contribution in [0.15, 0.2) is 54.9 Å². The van der Waals surface area contributed by atoms with Gasteiger partial charge in [0.1, 0.15) is 11.6 Å². The lowest BCUT2D eigenvalue weighted by Gasteiger charge is -2.17. The van der Waals surface area contributed by atoms with E-state index in [1.54, 1.807) is 24.4 Å². The number of ether oxygens (including phenoxy) is 1. The van der Waals surface area contributed by atoms with E-state index >= 15 is 8.78 Å². The van der Waals surface area contributed by atoms with Gasteiger partial charge in [-0.25, -0.2) is 13.8 Å². The number of aromatic nitrogens is 2. The number of aliphatic hydroxyl groups excluding tert-OH is 1. The van der Waals surface area contributed by atoms with Crippen LogP contribution in [0.25, 0.3) is 22.4 Å². The summed E-state index contributed by atoms with van der Waals surface area (Å²) < 4.78 is 36.2. The second-order valence-electron chi connectivity index (χ2n) is 10.7. The summed E-state index contributed by atoms with van der Waals surface area (Å²) in [5.74, 6) is -0.510. The number of benzene rings is 2. The first-order valence-electron chi connectivity index (χ1n) is 14.6. The van der Waals surface area contributed by atoms with E-state index in [4.69, 9.17) is 21.4 Å². The van der Waals surface area contributed by atoms with Crippen LogP contribution in [0.3, 0.4) is 0 Å². The summed E-state index contributed by atoms with van der Waals surface area (Å²) in [6, 6.07) is 12.0. The first kappa shape index (κ1) is 32.2. The van der Waals surface area contributed by atoms with Crippen LogP contribution >= 0.6 is 11.6 Å². The predicted molar refractivity (Wildman–Crippen MR) is 171 cm³/mol. The third kappa shape index (κ3) is 7.39. The molecule has 4 aromatic rings. The molecule has 5 N–H and O–H groups in total. The number of amides is 1. The Balaban J connectivity index is 1.40. The largest absolute Gasteiger partial charge is 0.496 e. The minimum absolute atomic E-state index is 0.0221. The van der Waals surface area contributed by atoms with Gasteiger partial charge in [-0.3, -0.25) is 9.78 Å². The van der Waals surface area contributed by atoms with Crippen molar-refractivity contribution in [3.63, 3.8) is 0 Å². The Morgan fingerprint density at radius 2 is 1.91 bits per heavy atom. The van der Waals surface area contributed by atoms with Crippen LogP contribution in [-0.4, -0.2) is 53.8 Å². The second kappa shape index (κ2) is 14.7. The van der Waals surface area contributed by atoms with Gasteiger partial charge in [0.05, 0.1) is 24.4 Å². The van der Waals surface area contributed by atoms with Crippen molar-refractivity contribution in [3.8, 4) is 28.1 Å². The zero-order valence-corrected chi connectivity index (χ0v) is 25.8. The normalized spacial score (nSPS) is 14.4. The van der Waals surface area contributed by atoms with Crippen LogP contribution in [0, 0.1) is 18.6 Å². The van der Waals surface area contributed by atoms with Crippen molar-refractivity contribution in [2.24, 2.45) is 0 Å². The average molecular weight is 637 g/mol. The van der Waals surface area contributed by atoms with Crippen LogP contribution in [0.5, 0.6) is 5.75 Å². The van der Waals surface area contributed by atoms with Crippen LogP contribution in [0.1, 0.15) is 29.5 Å². The molecule has 0 unspecified atom stereocenters. The number of nitrogens with one attached hydrogen (secondary N) is 4. The number of halogens is 3. The number of hydrogen-bond acceptors (Lipinski definition) is 8. The monoisotopic (exact) mass is 636 g/mol. The topological polar surface area (TPSA) is 120 Å². The molecule has 0 aliphatic carbocycles. The molecule has 2 aromatic carbocycles. The van der Waals surface area contributed by atoms with Crippen LogP contribution in [0.2, 0.25) is 5.02 Å². The highest BCUT2D eigenvalue weighted by atomic mass is 35.5. The van der Waals surface area contributed by atoms with E-state index in [2.05, 4.69) is 31.2 Å². The minimum atomic E-state index is -0.489. The number of hydrogen-bond donors (Lipinski definition) is 5. The van der Waals surface area contributed by atoms with Crippen molar-refractivity contribution < 1.29 is 23.4 Å². The molecule has 1 aliphatic rings. The number of aliphatic hydroxyl groups is 1. The zero-order chi connectivity index (χ0) is 31.9. The van der Waals surface area contributed by atoms with Gasteiger partial charge in [-0.15, -0.1) is 0 Å². The van der Waals surface area contributed by atoms with Crippen LogP contribution in [-0.2, 0) is 17.9 Å². The first-order chi connectivity index (χ1) is 21.8. The molecule has 9 nitrogen and oxygen atoms in total. The van der Waals surface area contributed by atoms with E-state index in [9.17, 15) is 4.79 Å². The molecule has 12 heteroatoms. The summed E-state index contributed by atoms with van der Waals surface area (Å²) in [5, 5.41) is 21.5. The van der Waals surface area contributed by atoms with Crippen molar-refractivity contribution in [1.29, 1.82) is 0 Å². The molecule has 0 bridgehead atoms. The van der Waals surface area contributed by atoms with Crippen molar-refractivity contribution in [3.05, 3.63) is 88.2 Å². The molecule has 1 saturated heterocycles. The highest BCUT2D eigenvalue weighted by molar-refractivity contribution is 6.35. The molecule has 1 amide bonds. The Morgan fingerprint density at radius 3 is 2.67 bits per heavy atom. The van der Waals surface area contributed by atoms with E-state index in [-0.39, 0.29) is 37.5 Å². The quantitative estimate of drug-likeness (QED) is 0.126. The minimum Gasteiger partial charge on any atom is -0.496 e. The number of nitrogens with zero attached hydrogens (tertiary/aromatic N) is 2. The van der Waals surface area contributed by atoms with Gasteiger partial charge < -0.3 is 31.1 Å². The molecular weight excluding hydrogens is 602 g/mol. The molecule has 0 radical (unpaired) electrons. The number of pyridine rings is 2. The molecule has 3 heterocycles. The fourth-order valence-corrected chi connectivity index (χ4v) is 5.68. The Morgan fingerprint density at radius 1 is 1.09 bits per heavy atom. The molecule has 0 spiro atoms. The predicted octanol–water partition coefficient (Wildman–Crippen LogP) is 5.25. The third-order valence-electron chi connectivity index (χ3n) is 7.76. The maximum Gasteiger partial charge on any atom is 0.220 e. The summed E-state index contributed by atoms with van der Waals surface area (Å²) in [4.78, 5) is 20.1. The first-order valence-corrected chi connectivity index (χ1v) is 15.0. The summed E-state index contributed by atoms with van der Waals surface area (Å²) in [6.45, 7) is 3.19. The fraction of sp³-hybridized carbons (Fsp3) is 0.303. The van der Waals surface area contributed by atoms with E-state index in [0.29, 0.717) is 63.9 Å². The van der Waals surface area contributed by atoms with Gasteiger partial charge in [0.25, 0.3) is 0 Å². The number of carbonyl (C=O) groups excluding carboxylic acids is 1. The van der Waals surface area contributed by atoms with Crippen molar-refractivity contribution >= 4 is 29.0 Å². The van der Waals surface area contributed by atoms with E-state index in [0.717, 1.165) is 17.5 Å². The van der Waals surface area contributed by atoms with Gasteiger partial charge in [0.15, 0.2) is 11.6 Å². The van der Waals surface area contributed by atoms with E-state index in [1.807, 2.05) is 25.1 Å². The number of anilines is 2. The van der Waals surface area contributed by atoms with E-state index < -0.39 is 11.6 Å². The molecule has 1 aliphatic heterocycles. The van der Waals surface area contributed by atoms with Crippen molar-refractivity contribution in [2.75, 3.05) is 32.1 Å². The molecule has 2 aromatic heterocycles. The van der Waals surface area contributed by atoms with E-state index in [1.165, 1.54) is 19.4 Å². The fourth-order valence-electron chi connectivity index (χ4n) is 5.36. The van der Waals surface area contributed by atoms with Crippen molar-refractivity contribution in [1.82, 2.24) is 25.9 Å². The van der Waals surface area contributed by atoms with Crippen LogP contribution < -0.4 is 26.0 Å². The number of methoxy groups -OCH3 is 1. The number of carbonyl (C=O) groups is 1. The smallest absolute Gasteiger partial charge is 0.220 e. The maximum absolute atomic E-state index is 15.5. The average Bonchev–Trinajstić information content (AvgIpc) is 3.45. The van der Waals surface area contributed by atoms with Gasteiger partial charge in [-0.2, -0.15) is 0 Å². The Kier molecular flexibility index (Phi) is 10.6.